The number of carbonyl (C=O) groups is 2. The Labute approximate surface area is 387 Å². The number of aromatic hydroxyl groups is 1. The molecule has 6 N–H and O–H groups in total. The minimum Gasteiger partial charge on any atom is -0.507 e. The van der Waals surface area contributed by atoms with Crippen LogP contribution in [0.15, 0.2) is 62.3 Å². The van der Waals surface area contributed by atoms with E-state index in [4.69, 9.17) is 28.3 Å². The first-order valence-electron chi connectivity index (χ1n) is 22.7. The van der Waals surface area contributed by atoms with Crippen molar-refractivity contribution in [3.63, 3.8) is 0 Å². The number of ether oxygens (including phenoxy) is 4. The normalized spacial score (nSPS) is 29.7. The standard InChI is InChI=1S/C50H61N3O14/c1-23-11-10-12-24(2)49(62)52-40-44(60)36-35(39-47(40)66-34-22-31(21-32(56)38(34)51-39)53-17-13-30(14-18-53)15-19-54)37-46(28(6)43(36)59)67-50(8,48(37)61)64-20-16-33(63-9)25(3)45(65-29(7)55)27(5)42(58)26(4)41(23)57/h10-12,16,20-23,25-27,30,33,41-42,45,54,57-59,61H,13-15,17-19H2,1-9H3,(H,52,62)/b11-10+,20-16+,24-12-/t23-,25+,26+,27+,33-,41-,42+,45+,50-/m0/s1. The number of nitrogens with one attached hydrogen (secondary N) is 1. The van der Waals surface area contributed by atoms with Gasteiger partial charge in [-0.2, -0.15) is 0 Å². The van der Waals surface area contributed by atoms with E-state index in [-0.39, 0.29) is 61.7 Å². The molecule has 4 bridgehead atoms. The van der Waals surface area contributed by atoms with Gasteiger partial charge in [0.05, 0.1) is 35.2 Å². The number of hydrogen-bond donors (Lipinski definition) is 6. The monoisotopic (exact) mass is 927 g/mol. The number of esters is 1. The van der Waals surface area contributed by atoms with E-state index in [2.05, 4.69) is 5.32 Å². The Morgan fingerprint density at radius 3 is 2.33 bits per heavy atom. The van der Waals surface area contributed by atoms with Crippen molar-refractivity contribution in [1.29, 1.82) is 0 Å². The fourth-order valence-corrected chi connectivity index (χ4v) is 9.72. The van der Waals surface area contributed by atoms with Crippen LogP contribution in [0.3, 0.4) is 0 Å². The molecule has 0 unspecified atom stereocenters. The SMILES string of the molecule is CO[C@H]1/C=C/O[C@@]2(C)Oc3c(C)c(O)c4c(=O)c(c5oc6cc(N7CCC(CCO)CC7)cc(=O)c6nc5c4c3=C2O)NC(=O)/C(C)=C\C=C\[C@H](C)[C@H](O)[C@@H](C)[C@@H](O)[C@@H](C)[C@H](OC(C)=O)[C@@H]1C. The van der Waals surface area contributed by atoms with E-state index >= 15 is 0 Å². The molecule has 1 amide bonds. The Morgan fingerprint density at radius 2 is 1.67 bits per heavy atom. The van der Waals surface area contributed by atoms with Gasteiger partial charge in [-0.05, 0) is 45.1 Å². The Morgan fingerprint density at radius 1 is 0.970 bits per heavy atom. The summed E-state index contributed by atoms with van der Waals surface area (Å²) in [6, 6.07) is 3.09. The van der Waals surface area contributed by atoms with Gasteiger partial charge in [0.15, 0.2) is 22.4 Å². The zero-order valence-electron chi connectivity index (χ0n) is 39.3. The molecule has 3 aliphatic rings. The summed E-state index contributed by atoms with van der Waals surface area (Å²) in [5.41, 5.74) is -1.54. The topological polar surface area (TPSA) is 248 Å². The first kappa shape index (κ1) is 48.9. The molecule has 7 rings (SSSR count). The summed E-state index contributed by atoms with van der Waals surface area (Å²) in [7, 11) is 1.44. The molecule has 4 heterocycles. The number of aliphatic hydroxyl groups is 4. The van der Waals surface area contributed by atoms with E-state index in [0.717, 1.165) is 12.8 Å². The number of carbonyl (C=O) groups excluding carboxylic acids is 2. The number of aromatic nitrogens is 1. The van der Waals surface area contributed by atoms with E-state index in [1.807, 2.05) is 4.90 Å². The zero-order valence-corrected chi connectivity index (χ0v) is 39.3. The number of allylic oxidation sites excluding steroid dienone is 2. The van der Waals surface area contributed by atoms with Gasteiger partial charge in [-0.25, -0.2) is 4.98 Å². The molecule has 9 atom stereocenters. The van der Waals surface area contributed by atoms with Gasteiger partial charge in [0.25, 0.3) is 5.91 Å². The number of piperidine rings is 1. The van der Waals surface area contributed by atoms with Gasteiger partial charge >= 0.3 is 11.8 Å². The average Bonchev–Trinajstić information content (AvgIpc) is 3.56. The van der Waals surface area contributed by atoms with Gasteiger partial charge in [0, 0.05) is 98.7 Å². The lowest BCUT2D eigenvalue weighted by Gasteiger charge is -2.38. The van der Waals surface area contributed by atoms with Gasteiger partial charge in [0.2, 0.25) is 10.9 Å². The van der Waals surface area contributed by atoms with Crippen LogP contribution in [0.1, 0.15) is 73.3 Å². The number of phenolic OH excluding ortho intramolecular Hbond substituents is 1. The smallest absolute Gasteiger partial charge is 0.307 e. The number of hydrogen-bond acceptors (Lipinski definition) is 16. The second kappa shape index (κ2) is 19.3. The van der Waals surface area contributed by atoms with Crippen molar-refractivity contribution in [2.75, 3.05) is 37.0 Å². The number of methoxy groups -OCH3 is 1. The van der Waals surface area contributed by atoms with Crippen LogP contribution < -0.4 is 31.0 Å². The van der Waals surface area contributed by atoms with Crippen LogP contribution in [0.4, 0.5) is 11.4 Å². The van der Waals surface area contributed by atoms with Crippen molar-refractivity contribution in [3.8, 4) is 11.5 Å². The maximum Gasteiger partial charge on any atom is 0.307 e. The van der Waals surface area contributed by atoms with Crippen LogP contribution in [-0.2, 0) is 23.8 Å². The van der Waals surface area contributed by atoms with Gasteiger partial charge < -0.3 is 59.1 Å². The Kier molecular flexibility index (Phi) is 14.1. The third kappa shape index (κ3) is 9.09. The van der Waals surface area contributed by atoms with Crippen LogP contribution in [0.2, 0.25) is 0 Å². The fraction of sp³-hybridized carbons (Fsp3) is 0.500. The summed E-state index contributed by atoms with van der Waals surface area (Å²) in [4.78, 5) is 62.1. The lowest BCUT2D eigenvalue weighted by molar-refractivity contribution is -0.160. The molecule has 0 radical (unpaired) electrons. The highest BCUT2D eigenvalue weighted by atomic mass is 16.7. The van der Waals surface area contributed by atoms with Gasteiger partial charge in [-0.15, -0.1) is 0 Å². The number of aliphatic hydroxyl groups excluding tert-OH is 4. The van der Waals surface area contributed by atoms with Crippen molar-refractivity contribution in [2.45, 2.75) is 105 Å². The van der Waals surface area contributed by atoms with Crippen LogP contribution in [0.25, 0.3) is 38.7 Å². The minimum atomic E-state index is -1.99. The molecule has 17 heteroatoms. The molecule has 3 aliphatic heterocycles. The van der Waals surface area contributed by atoms with Crippen molar-refractivity contribution in [3.05, 3.63) is 79.5 Å². The highest BCUT2D eigenvalue weighted by molar-refractivity contribution is 6.16. The van der Waals surface area contributed by atoms with Gasteiger partial charge in [-0.3, -0.25) is 19.2 Å². The molecule has 4 aromatic rings. The Hall–Kier alpha value is -6.01. The number of rotatable bonds is 5. The van der Waals surface area contributed by atoms with Gasteiger partial charge in [-0.1, -0.05) is 45.9 Å². The predicted octanol–water partition coefficient (Wildman–Crippen LogP) is 5.16. The summed E-state index contributed by atoms with van der Waals surface area (Å²) in [6.07, 6.45) is 5.80. The van der Waals surface area contributed by atoms with Crippen molar-refractivity contribution in [1.82, 2.24) is 4.98 Å². The average molecular weight is 928 g/mol. The molecule has 0 spiro atoms. The number of fused-ring (bicyclic) bond motifs is 2. The van der Waals surface area contributed by atoms with E-state index in [1.165, 1.54) is 59.3 Å². The highest BCUT2D eigenvalue weighted by Gasteiger charge is 2.44. The quantitative estimate of drug-likeness (QED) is 0.0860. The van der Waals surface area contributed by atoms with Crippen LogP contribution in [0, 0.1) is 36.5 Å². The Balaban J connectivity index is 1.46. The zero-order chi connectivity index (χ0) is 48.8. The molecule has 360 valence electrons. The lowest BCUT2D eigenvalue weighted by atomic mass is 9.78. The van der Waals surface area contributed by atoms with E-state index in [0.29, 0.717) is 31.1 Å². The molecule has 0 aliphatic carbocycles. The molecule has 67 heavy (non-hydrogen) atoms. The second-order valence-corrected chi connectivity index (χ2v) is 18.5. The van der Waals surface area contributed by atoms with E-state index in [9.17, 15) is 44.7 Å². The van der Waals surface area contributed by atoms with Crippen molar-refractivity contribution < 1.29 is 58.5 Å². The van der Waals surface area contributed by atoms with E-state index < -0.39 is 93.8 Å². The molecular weight excluding hydrogens is 867 g/mol. The first-order valence-corrected chi connectivity index (χ1v) is 22.7. The highest BCUT2D eigenvalue weighted by Crippen LogP contribution is 2.42. The molecule has 1 saturated heterocycles. The predicted molar refractivity (Wildman–Crippen MR) is 252 cm³/mol. The number of amides is 1. The minimum absolute atomic E-state index is 0.0139. The van der Waals surface area contributed by atoms with Crippen molar-refractivity contribution in [2.24, 2.45) is 29.6 Å². The fourth-order valence-electron chi connectivity index (χ4n) is 9.72. The number of benzene rings is 3. The second-order valence-electron chi connectivity index (χ2n) is 18.5. The molecular formula is C50H61N3O14. The number of anilines is 2. The molecule has 1 aromatic heterocycles. The summed E-state index contributed by atoms with van der Waals surface area (Å²) in [5.74, 6) is -6.66. The third-order valence-corrected chi connectivity index (χ3v) is 13.9. The summed E-state index contributed by atoms with van der Waals surface area (Å²) >= 11 is 0. The largest absolute Gasteiger partial charge is 0.507 e. The summed E-state index contributed by atoms with van der Waals surface area (Å²) in [5, 5.41) is 58.7. The third-order valence-electron chi connectivity index (χ3n) is 13.9. The molecule has 1 fully saturated rings. The lowest BCUT2D eigenvalue weighted by Crippen LogP contribution is -2.46. The number of phenols is 1. The van der Waals surface area contributed by atoms with Crippen LogP contribution >= 0.6 is 0 Å². The number of nitrogens with zero attached hydrogens (tertiary/aromatic N) is 2. The van der Waals surface area contributed by atoms with Gasteiger partial charge in [0.1, 0.15) is 28.8 Å². The molecule has 0 saturated carbocycles. The van der Waals surface area contributed by atoms with E-state index in [1.54, 1.807) is 45.9 Å². The summed E-state index contributed by atoms with van der Waals surface area (Å²) < 4.78 is 30.5. The molecule has 17 nitrogen and oxygen atoms in total. The Bertz CT molecular complexity index is 2860. The van der Waals surface area contributed by atoms with Crippen LogP contribution in [0.5, 0.6) is 11.5 Å². The van der Waals surface area contributed by atoms with Crippen molar-refractivity contribution >= 4 is 62.0 Å². The first-order chi connectivity index (χ1) is 31.7. The van der Waals surface area contributed by atoms with Crippen LogP contribution in [-0.4, -0.2) is 99.4 Å². The maximum atomic E-state index is 14.9. The molecule has 3 aromatic carbocycles. The maximum absolute atomic E-state index is 14.9. The summed E-state index contributed by atoms with van der Waals surface area (Å²) in [6.45, 7) is 13.9.